The van der Waals surface area contributed by atoms with Gasteiger partial charge in [0.05, 0.1) is 0 Å². The molecule has 1 atom stereocenters. The normalized spacial score (nSPS) is 22.2. The van der Waals surface area contributed by atoms with Crippen LogP contribution in [0.4, 0.5) is 4.39 Å². The molecule has 6 heteroatoms. The van der Waals surface area contributed by atoms with Crippen molar-refractivity contribution in [3.63, 3.8) is 0 Å². The molecule has 0 saturated heterocycles. The lowest BCUT2D eigenvalue weighted by molar-refractivity contribution is 0.188. The van der Waals surface area contributed by atoms with Gasteiger partial charge in [0.15, 0.2) is 0 Å². The minimum Gasteiger partial charge on any atom is -0.326 e. The van der Waals surface area contributed by atoms with Crippen molar-refractivity contribution in [2.24, 2.45) is 11.1 Å². The number of halogens is 1. The molecule has 118 valence electrons. The van der Waals surface area contributed by atoms with Gasteiger partial charge in [-0.2, -0.15) is 0 Å². The first-order valence-electron chi connectivity index (χ1n) is 7.27. The summed E-state index contributed by atoms with van der Waals surface area (Å²) in [5.74, 6) is -0.742. The summed E-state index contributed by atoms with van der Waals surface area (Å²) < 4.78 is 41.5. The van der Waals surface area contributed by atoms with Crippen LogP contribution in [0.3, 0.4) is 0 Å². The lowest BCUT2D eigenvalue weighted by Crippen LogP contribution is -2.46. The number of nitrogens with one attached hydrogen (secondary N) is 1. The number of hydrogen-bond donors (Lipinski definition) is 2. The zero-order valence-electron chi connectivity index (χ0n) is 12.5. The van der Waals surface area contributed by atoms with E-state index in [-0.39, 0.29) is 22.9 Å². The summed E-state index contributed by atoms with van der Waals surface area (Å²) in [6.07, 6.45) is 3.83. The maximum Gasteiger partial charge on any atom is 0.243 e. The lowest BCUT2D eigenvalue weighted by atomic mass is 9.74. The summed E-state index contributed by atoms with van der Waals surface area (Å²) in [5.41, 5.74) is 5.98. The van der Waals surface area contributed by atoms with Crippen LogP contribution in [0.15, 0.2) is 23.1 Å². The van der Waals surface area contributed by atoms with Crippen molar-refractivity contribution in [3.05, 3.63) is 29.6 Å². The van der Waals surface area contributed by atoms with Crippen molar-refractivity contribution < 1.29 is 12.8 Å². The van der Waals surface area contributed by atoms with Gasteiger partial charge in [0.2, 0.25) is 10.0 Å². The largest absolute Gasteiger partial charge is 0.326 e. The Morgan fingerprint density at radius 1 is 1.38 bits per heavy atom. The Bertz CT molecular complexity index is 614. The highest BCUT2D eigenvalue weighted by molar-refractivity contribution is 7.89. The molecule has 0 aromatic heterocycles. The molecule has 1 aliphatic carbocycles. The van der Waals surface area contributed by atoms with Crippen LogP contribution in [0.25, 0.3) is 0 Å². The maximum atomic E-state index is 13.9. The van der Waals surface area contributed by atoms with E-state index in [2.05, 4.69) is 4.72 Å². The van der Waals surface area contributed by atoms with E-state index >= 15 is 0 Å². The third kappa shape index (κ3) is 3.62. The molecule has 0 heterocycles. The van der Waals surface area contributed by atoms with E-state index in [0.29, 0.717) is 5.56 Å². The Morgan fingerprint density at radius 3 is 2.71 bits per heavy atom. The molecule has 21 heavy (non-hydrogen) atoms. The van der Waals surface area contributed by atoms with E-state index in [1.165, 1.54) is 12.1 Å². The molecule has 3 N–H and O–H groups in total. The first kappa shape index (κ1) is 16.4. The van der Waals surface area contributed by atoms with Crippen LogP contribution < -0.4 is 10.5 Å². The van der Waals surface area contributed by atoms with Gasteiger partial charge in [-0.25, -0.2) is 17.5 Å². The highest BCUT2D eigenvalue weighted by atomic mass is 32.2. The molecule has 0 aliphatic heterocycles. The third-order valence-corrected chi connectivity index (χ3v) is 5.81. The second-order valence-electron chi connectivity index (χ2n) is 6.38. The highest BCUT2D eigenvalue weighted by Crippen LogP contribution is 2.36. The van der Waals surface area contributed by atoms with E-state index in [1.54, 1.807) is 0 Å². The van der Waals surface area contributed by atoms with Gasteiger partial charge in [-0.3, -0.25) is 0 Å². The van der Waals surface area contributed by atoms with Crippen molar-refractivity contribution in [3.8, 4) is 0 Å². The van der Waals surface area contributed by atoms with Crippen LogP contribution in [-0.2, 0) is 16.6 Å². The van der Waals surface area contributed by atoms with Gasteiger partial charge in [0, 0.05) is 12.6 Å². The molecule has 0 radical (unpaired) electrons. The fraction of sp³-hybridized carbons (Fsp3) is 0.600. The zero-order chi connectivity index (χ0) is 15.7. The second-order valence-corrected chi connectivity index (χ2v) is 8.06. The smallest absolute Gasteiger partial charge is 0.243 e. The Morgan fingerprint density at radius 2 is 2.10 bits per heavy atom. The van der Waals surface area contributed by atoms with E-state index in [0.717, 1.165) is 31.7 Å². The van der Waals surface area contributed by atoms with Crippen LogP contribution in [-0.4, -0.2) is 14.5 Å². The van der Waals surface area contributed by atoms with Crippen LogP contribution in [0, 0.1) is 11.2 Å². The van der Waals surface area contributed by atoms with E-state index < -0.39 is 15.8 Å². The van der Waals surface area contributed by atoms with Crippen molar-refractivity contribution in [1.82, 2.24) is 4.72 Å². The average Bonchev–Trinajstić information content (AvgIpc) is 2.41. The van der Waals surface area contributed by atoms with Crippen molar-refractivity contribution >= 4 is 10.0 Å². The summed E-state index contributed by atoms with van der Waals surface area (Å²) in [5, 5.41) is 0. The molecule has 1 fully saturated rings. The molecule has 1 aliphatic rings. The van der Waals surface area contributed by atoms with Gasteiger partial charge < -0.3 is 5.73 Å². The van der Waals surface area contributed by atoms with Crippen LogP contribution in [0.5, 0.6) is 0 Å². The maximum absolute atomic E-state index is 13.9. The number of sulfonamides is 1. The Labute approximate surface area is 126 Å². The molecule has 0 spiro atoms. The Hall–Kier alpha value is -0.980. The molecule has 1 aromatic rings. The van der Waals surface area contributed by atoms with E-state index in [1.807, 2.05) is 13.8 Å². The SMILES string of the molecule is CC1(C)CCCCC1NS(=O)(=O)c1cc(CN)ccc1F. The minimum atomic E-state index is -3.87. The van der Waals surface area contributed by atoms with Gasteiger partial charge >= 0.3 is 0 Å². The molecule has 1 aromatic carbocycles. The lowest BCUT2D eigenvalue weighted by Gasteiger charge is -2.38. The average molecular weight is 314 g/mol. The number of benzene rings is 1. The Kier molecular flexibility index (Phi) is 4.70. The second kappa shape index (κ2) is 6.02. The van der Waals surface area contributed by atoms with E-state index in [9.17, 15) is 12.8 Å². The Balaban J connectivity index is 2.30. The summed E-state index contributed by atoms with van der Waals surface area (Å²) in [6.45, 7) is 4.27. The molecular weight excluding hydrogens is 291 g/mol. The van der Waals surface area contributed by atoms with Gasteiger partial charge in [0.25, 0.3) is 0 Å². The zero-order valence-corrected chi connectivity index (χ0v) is 13.3. The predicted octanol–water partition coefficient (Wildman–Crippen LogP) is 2.53. The number of hydrogen-bond acceptors (Lipinski definition) is 3. The van der Waals surface area contributed by atoms with E-state index in [4.69, 9.17) is 5.73 Å². The topological polar surface area (TPSA) is 72.2 Å². The molecule has 0 bridgehead atoms. The summed E-state index contributed by atoms with van der Waals surface area (Å²) >= 11 is 0. The van der Waals surface area contributed by atoms with Crippen LogP contribution in [0.2, 0.25) is 0 Å². The van der Waals surface area contributed by atoms with Gasteiger partial charge in [-0.1, -0.05) is 32.8 Å². The summed E-state index contributed by atoms with van der Waals surface area (Å²) in [7, 11) is -3.87. The molecule has 1 unspecified atom stereocenters. The van der Waals surface area contributed by atoms with Gasteiger partial charge in [-0.15, -0.1) is 0 Å². The molecule has 0 amide bonds. The van der Waals surface area contributed by atoms with Crippen molar-refractivity contribution in [2.45, 2.75) is 57.0 Å². The minimum absolute atomic E-state index is 0.118. The van der Waals surface area contributed by atoms with Crippen LogP contribution in [0.1, 0.15) is 45.1 Å². The monoisotopic (exact) mass is 314 g/mol. The van der Waals surface area contributed by atoms with Crippen molar-refractivity contribution in [2.75, 3.05) is 0 Å². The summed E-state index contributed by atoms with van der Waals surface area (Å²) in [6, 6.07) is 3.80. The summed E-state index contributed by atoms with van der Waals surface area (Å²) in [4.78, 5) is -0.313. The highest BCUT2D eigenvalue weighted by Gasteiger charge is 2.35. The number of nitrogens with two attached hydrogens (primary N) is 1. The van der Waals surface area contributed by atoms with Gasteiger partial charge in [-0.05, 0) is 36.0 Å². The molecule has 4 nitrogen and oxygen atoms in total. The third-order valence-electron chi connectivity index (χ3n) is 4.33. The first-order valence-corrected chi connectivity index (χ1v) is 8.75. The quantitative estimate of drug-likeness (QED) is 0.897. The van der Waals surface area contributed by atoms with Gasteiger partial charge in [0.1, 0.15) is 10.7 Å². The van der Waals surface area contributed by atoms with Crippen molar-refractivity contribution in [1.29, 1.82) is 0 Å². The fourth-order valence-corrected chi connectivity index (χ4v) is 4.41. The number of rotatable bonds is 4. The standard InChI is InChI=1S/C15H23FN2O2S/c1-15(2)8-4-3-5-14(15)18-21(19,20)13-9-11(10-17)6-7-12(13)16/h6-7,9,14,18H,3-5,8,10,17H2,1-2H3. The molecule has 2 rings (SSSR count). The molecule has 1 saturated carbocycles. The first-order chi connectivity index (χ1) is 9.76. The molecular formula is C15H23FN2O2S. The van der Waals surface area contributed by atoms with Crippen LogP contribution >= 0.6 is 0 Å². The fourth-order valence-electron chi connectivity index (χ4n) is 2.84. The predicted molar refractivity (Wildman–Crippen MR) is 80.6 cm³/mol.